The Bertz CT molecular complexity index is 552. The highest BCUT2D eigenvalue weighted by Gasteiger charge is 2.25. The minimum atomic E-state index is 0.0169. The van der Waals surface area contributed by atoms with Gasteiger partial charge in [0.05, 0.1) is 6.26 Å². The average Bonchev–Trinajstić information content (AvgIpc) is 3.21. The van der Waals surface area contributed by atoms with Crippen LogP contribution in [0.15, 0.2) is 27.8 Å². The highest BCUT2D eigenvalue weighted by Crippen LogP contribution is 2.23. The summed E-state index contributed by atoms with van der Waals surface area (Å²) in [5.74, 6) is 3.24. The summed E-state index contributed by atoms with van der Waals surface area (Å²) in [6.07, 6.45) is 4.93. The molecule has 6 nitrogen and oxygen atoms in total. The van der Waals surface area contributed by atoms with Crippen LogP contribution >= 0.6 is 0 Å². The summed E-state index contributed by atoms with van der Waals surface area (Å²) in [5.41, 5.74) is 0. The molecule has 6 heteroatoms. The summed E-state index contributed by atoms with van der Waals surface area (Å²) in [7, 11) is 3.52. The van der Waals surface area contributed by atoms with Gasteiger partial charge in [-0.15, -0.1) is 0 Å². The van der Waals surface area contributed by atoms with Gasteiger partial charge in [0.25, 0.3) is 0 Å². The lowest BCUT2D eigenvalue weighted by Crippen LogP contribution is -2.42. The predicted octanol–water partition coefficient (Wildman–Crippen LogP) is 2.22. The van der Waals surface area contributed by atoms with Crippen LogP contribution in [-0.2, 0) is 11.2 Å². The van der Waals surface area contributed by atoms with Gasteiger partial charge in [0.15, 0.2) is 5.96 Å². The number of likely N-dealkylation sites (N-methyl/N-ethyl adjacent to an activating group) is 1. The Labute approximate surface area is 151 Å². The van der Waals surface area contributed by atoms with Gasteiger partial charge in [0, 0.05) is 40.2 Å². The summed E-state index contributed by atoms with van der Waals surface area (Å²) in [4.78, 5) is 20.3. The molecule has 0 bridgehead atoms. The van der Waals surface area contributed by atoms with Crippen molar-refractivity contribution in [1.29, 1.82) is 0 Å². The SMILES string of the molecule is CC(C)CC1CCN(C(=NCC(=O)N(C)C)NCCc2ccco2)C1. The first-order chi connectivity index (χ1) is 12.0. The minimum Gasteiger partial charge on any atom is -0.469 e. The molecule has 140 valence electrons. The molecule has 1 unspecified atom stereocenters. The third kappa shape index (κ3) is 6.44. The number of guanidine groups is 1. The Morgan fingerprint density at radius 3 is 2.92 bits per heavy atom. The fourth-order valence-corrected chi connectivity index (χ4v) is 3.19. The van der Waals surface area contributed by atoms with Crippen LogP contribution in [0.5, 0.6) is 0 Å². The molecule has 25 heavy (non-hydrogen) atoms. The van der Waals surface area contributed by atoms with E-state index in [-0.39, 0.29) is 12.5 Å². The van der Waals surface area contributed by atoms with E-state index in [4.69, 9.17) is 4.42 Å². The van der Waals surface area contributed by atoms with Crippen molar-refractivity contribution < 1.29 is 9.21 Å². The van der Waals surface area contributed by atoms with E-state index in [1.807, 2.05) is 12.1 Å². The van der Waals surface area contributed by atoms with E-state index in [1.54, 1.807) is 25.3 Å². The molecule has 0 saturated carbocycles. The van der Waals surface area contributed by atoms with Crippen LogP contribution in [0, 0.1) is 11.8 Å². The number of carbonyl (C=O) groups excluding carboxylic acids is 1. The fraction of sp³-hybridized carbons (Fsp3) is 0.684. The van der Waals surface area contributed by atoms with Gasteiger partial charge in [-0.25, -0.2) is 4.99 Å². The average molecular weight is 348 g/mol. The summed E-state index contributed by atoms with van der Waals surface area (Å²) in [6.45, 7) is 7.49. The van der Waals surface area contributed by atoms with Crippen LogP contribution in [0.4, 0.5) is 0 Å². The van der Waals surface area contributed by atoms with E-state index in [0.29, 0.717) is 11.8 Å². The van der Waals surface area contributed by atoms with Crippen LogP contribution in [0.25, 0.3) is 0 Å². The molecular formula is C19H32N4O2. The van der Waals surface area contributed by atoms with Gasteiger partial charge in [-0.3, -0.25) is 4.79 Å². The van der Waals surface area contributed by atoms with E-state index in [2.05, 4.69) is 29.1 Å². The number of nitrogens with one attached hydrogen (secondary N) is 1. The lowest BCUT2D eigenvalue weighted by Gasteiger charge is -2.22. The maximum Gasteiger partial charge on any atom is 0.243 e. The molecule has 2 rings (SSSR count). The normalized spacial score (nSPS) is 18.0. The fourth-order valence-electron chi connectivity index (χ4n) is 3.19. The lowest BCUT2D eigenvalue weighted by atomic mass is 9.97. The number of likely N-dealkylation sites (tertiary alicyclic amines) is 1. The monoisotopic (exact) mass is 348 g/mol. The van der Waals surface area contributed by atoms with Crippen LogP contribution in [0.1, 0.15) is 32.4 Å². The minimum absolute atomic E-state index is 0.0169. The largest absolute Gasteiger partial charge is 0.469 e. The number of hydrogen-bond donors (Lipinski definition) is 1. The summed E-state index contributed by atoms with van der Waals surface area (Å²) < 4.78 is 5.38. The van der Waals surface area contributed by atoms with Crippen LogP contribution in [0.2, 0.25) is 0 Å². The smallest absolute Gasteiger partial charge is 0.243 e. The molecule has 1 fully saturated rings. The summed E-state index contributed by atoms with van der Waals surface area (Å²) >= 11 is 0. The predicted molar refractivity (Wildman–Crippen MR) is 101 cm³/mol. The molecule has 1 atom stereocenters. The van der Waals surface area contributed by atoms with Crippen molar-refractivity contribution in [2.24, 2.45) is 16.8 Å². The van der Waals surface area contributed by atoms with E-state index < -0.39 is 0 Å². The molecule has 1 amide bonds. The quantitative estimate of drug-likeness (QED) is 0.606. The lowest BCUT2D eigenvalue weighted by molar-refractivity contribution is -0.127. The van der Waals surface area contributed by atoms with Crippen molar-refractivity contribution in [3.8, 4) is 0 Å². The number of rotatable bonds is 7. The van der Waals surface area contributed by atoms with Gasteiger partial charge >= 0.3 is 0 Å². The Morgan fingerprint density at radius 1 is 1.48 bits per heavy atom. The number of nitrogens with zero attached hydrogens (tertiary/aromatic N) is 3. The molecule has 1 aliphatic heterocycles. The summed E-state index contributed by atoms with van der Waals surface area (Å²) in [5, 5.41) is 3.41. The van der Waals surface area contributed by atoms with Crippen LogP contribution in [0.3, 0.4) is 0 Å². The zero-order valence-electron chi connectivity index (χ0n) is 16.0. The maximum atomic E-state index is 11.9. The van der Waals surface area contributed by atoms with Crippen molar-refractivity contribution >= 4 is 11.9 Å². The standard InChI is InChI=1S/C19H32N4O2/c1-15(2)12-16-8-10-23(14-16)19(21-13-18(24)22(3)4)20-9-7-17-6-5-11-25-17/h5-6,11,15-16H,7-10,12-14H2,1-4H3,(H,20,21). The van der Waals surface area contributed by atoms with E-state index >= 15 is 0 Å². The van der Waals surface area contributed by atoms with Crippen LogP contribution in [-0.4, -0.2) is 61.9 Å². The number of hydrogen-bond acceptors (Lipinski definition) is 3. The molecule has 1 saturated heterocycles. The second-order valence-electron chi connectivity index (χ2n) is 7.41. The first kappa shape index (κ1) is 19.3. The van der Waals surface area contributed by atoms with E-state index in [1.165, 1.54) is 12.8 Å². The number of furan rings is 1. The highest BCUT2D eigenvalue weighted by molar-refractivity contribution is 5.85. The molecule has 0 radical (unpaired) electrons. The Morgan fingerprint density at radius 2 is 2.28 bits per heavy atom. The van der Waals surface area contributed by atoms with Gasteiger partial charge in [-0.1, -0.05) is 13.8 Å². The van der Waals surface area contributed by atoms with Crippen molar-refractivity contribution in [3.63, 3.8) is 0 Å². The maximum absolute atomic E-state index is 11.9. The molecule has 2 heterocycles. The molecule has 0 spiro atoms. The number of amides is 1. The molecular weight excluding hydrogens is 316 g/mol. The molecule has 0 aromatic carbocycles. The van der Waals surface area contributed by atoms with E-state index in [0.717, 1.165) is 37.8 Å². The van der Waals surface area contributed by atoms with Gasteiger partial charge in [-0.05, 0) is 36.8 Å². The Kier molecular flexibility index (Phi) is 7.34. The van der Waals surface area contributed by atoms with Crippen molar-refractivity contribution in [1.82, 2.24) is 15.1 Å². The number of carbonyl (C=O) groups is 1. The van der Waals surface area contributed by atoms with Gasteiger partial charge in [-0.2, -0.15) is 0 Å². The molecule has 0 aliphatic carbocycles. The summed E-state index contributed by atoms with van der Waals surface area (Å²) in [6, 6.07) is 3.87. The Balaban J connectivity index is 1.93. The molecule has 1 aromatic rings. The zero-order chi connectivity index (χ0) is 18.2. The Hall–Kier alpha value is -1.98. The van der Waals surface area contributed by atoms with Gasteiger partial charge in [0.1, 0.15) is 12.3 Å². The second-order valence-corrected chi connectivity index (χ2v) is 7.41. The van der Waals surface area contributed by atoms with Gasteiger partial charge < -0.3 is 19.5 Å². The van der Waals surface area contributed by atoms with E-state index in [9.17, 15) is 4.79 Å². The van der Waals surface area contributed by atoms with Crippen molar-refractivity contribution in [3.05, 3.63) is 24.2 Å². The second kappa shape index (κ2) is 9.49. The highest BCUT2D eigenvalue weighted by atomic mass is 16.3. The zero-order valence-corrected chi connectivity index (χ0v) is 16.0. The third-order valence-corrected chi connectivity index (χ3v) is 4.49. The van der Waals surface area contributed by atoms with Crippen molar-refractivity contribution in [2.75, 3.05) is 40.3 Å². The van der Waals surface area contributed by atoms with Crippen molar-refractivity contribution in [2.45, 2.75) is 33.1 Å². The number of aliphatic imine (C=N–C) groups is 1. The molecule has 1 N–H and O–H groups in total. The van der Waals surface area contributed by atoms with Crippen LogP contribution < -0.4 is 5.32 Å². The topological polar surface area (TPSA) is 61.1 Å². The first-order valence-corrected chi connectivity index (χ1v) is 9.21. The first-order valence-electron chi connectivity index (χ1n) is 9.21. The third-order valence-electron chi connectivity index (χ3n) is 4.49. The molecule has 1 aromatic heterocycles. The molecule has 1 aliphatic rings. The van der Waals surface area contributed by atoms with Gasteiger partial charge in [0.2, 0.25) is 5.91 Å².